The Balaban J connectivity index is 2.91. The summed E-state index contributed by atoms with van der Waals surface area (Å²) < 4.78 is 4.75. The molecule has 0 saturated carbocycles. The van der Waals surface area contributed by atoms with Gasteiger partial charge in [-0.15, -0.1) is 0 Å². The van der Waals surface area contributed by atoms with Gasteiger partial charge in [0.15, 0.2) is 11.4 Å². The average Bonchev–Trinajstić information content (AvgIpc) is 2.49. The molecular formula is C8H4N2O2. The molecule has 0 spiro atoms. The molecule has 12 heavy (non-hydrogen) atoms. The summed E-state index contributed by atoms with van der Waals surface area (Å²) in [5.74, 6) is 0.00139. The number of para-hydroxylation sites is 1. The third kappa shape index (κ3) is 0.736. The second-order valence-corrected chi connectivity index (χ2v) is 2.30. The number of fused-ring (bicyclic) bond motifs is 1. The van der Waals surface area contributed by atoms with Crippen LogP contribution in [0, 0.1) is 11.3 Å². The zero-order chi connectivity index (χ0) is 8.55. The second-order valence-electron chi connectivity index (χ2n) is 2.30. The highest BCUT2D eigenvalue weighted by molar-refractivity contribution is 5.86. The van der Waals surface area contributed by atoms with Crippen molar-refractivity contribution in [3.05, 3.63) is 23.9 Å². The van der Waals surface area contributed by atoms with E-state index in [2.05, 4.69) is 5.16 Å². The SMILES string of the molecule is N#Cc1noc2c(O)cccc12. The van der Waals surface area contributed by atoms with Crippen molar-refractivity contribution < 1.29 is 9.63 Å². The van der Waals surface area contributed by atoms with Crippen molar-refractivity contribution in [3.8, 4) is 11.8 Å². The van der Waals surface area contributed by atoms with E-state index >= 15 is 0 Å². The predicted molar refractivity (Wildman–Crippen MR) is 40.4 cm³/mol. The number of nitrogens with zero attached hydrogens (tertiary/aromatic N) is 2. The Labute approximate surface area is 67.6 Å². The smallest absolute Gasteiger partial charge is 0.209 e. The molecule has 0 saturated heterocycles. The maximum Gasteiger partial charge on any atom is 0.209 e. The fourth-order valence-electron chi connectivity index (χ4n) is 1.03. The lowest BCUT2D eigenvalue weighted by atomic mass is 10.2. The van der Waals surface area contributed by atoms with E-state index < -0.39 is 0 Å². The molecule has 0 amide bonds. The highest BCUT2D eigenvalue weighted by atomic mass is 16.5. The van der Waals surface area contributed by atoms with Crippen molar-refractivity contribution in [3.63, 3.8) is 0 Å². The Morgan fingerprint density at radius 2 is 2.33 bits per heavy atom. The van der Waals surface area contributed by atoms with E-state index in [4.69, 9.17) is 9.78 Å². The Morgan fingerprint density at radius 3 is 3.08 bits per heavy atom. The van der Waals surface area contributed by atoms with Gasteiger partial charge >= 0.3 is 0 Å². The number of phenolic OH excluding ortho intramolecular Hbond substituents is 1. The molecule has 1 heterocycles. The molecule has 2 rings (SSSR count). The topological polar surface area (TPSA) is 70.0 Å². The molecule has 1 N–H and O–H groups in total. The van der Waals surface area contributed by atoms with Crippen molar-refractivity contribution in [2.75, 3.05) is 0 Å². The van der Waals surface area contributed by atoms with Gasteiger partial charge in [-0.1, -0.05) is 11.2 Å². The first-order chi connectivity index (χ1) is 5.83. The number of benzene rings is 1. The van der Waals surface area contributed by atoms with Crippen LogP contribution in [0.15, 0.2) is 22.7 Å². The summed E-state index contributed by atoms with van der Waals surface area (Å²) in [5.41, 5.74) is 0.454. The lowest BCUT2D eigenvalue weighted by molar-refractivity contribution is 0.421. The van der Waals surface area contributed by atoms with E-state index in [0.717, 1.165) is 0 Å². The van der Waals surface area contributed by atoms with Crippen molar-refractivity contribution in [1.29, 1.82) is 5.26 Å². The van der Waals surface area contributed by atoms with Crippen LogP contribution in [0.1, 0.15) is 5.69 Å². The van der Waals surface area contributed by atoms with Gasteiger partial charge in [0.1, 0.15) is 6.07 Å². The Hall–Kier alpha value is -2.02. The molecule has 1 aromatic heterocycles. The molecule has 0 unspecified atom stereocenters. The minimum Gasteiger partial charge on any atom is -0.504 e. The van der Waals surface area contributed by atoms with Crippen molar-refractivity contribution in [2.45, 2.75) is 0 Å². The number of rotatable bonds is 0. The van der Waals surface area contributed by atoms with Crippen LogP contribution in [0.4, 0.5) is 0 Å². The number of aromatic hydroxyl groups is 1. The summed E-state index contributed by atoms with van der Waals surface area (Å²) in [4.78, 5) is 0. The maximum absolute atomic E-state index is 9.24. The van der Waals surface area contributed by atoms with Crippen molar-refractivity contribution >= 4 is 11.0 Å². The fourth-order valence-corrected chi connectivity index (χ4v) is 1.03. The van der Waals surface area contributed by atoms with Crippen LogP contribution >= 0.6 is 0 Å². The lowest BCUT2D eigenvalue weighted by Gasteiger charge is -1.88. The summed E-state index contributed by atoms with van der Waals surface area (Å²) in [5, 5.41) is 21.8. The van der Waals surface area contributed by atoms with Gasteiger partial charge < -0.3 is 9.63 Å². The average molecular weight is 160 g/mol. The first-order valence-corrected chi connectivity index (χ1v) is 3.30. The first-order valence-electron chi connectivity index (χ1n) is 3.30. The zero-order valence-electron chi connectivity index (χ0n) is 5.98. The molecule has 2 aromatic rings. The quantitative estimate of drug-likeness (QED) is 0.632. The molecule has 0 radical (unpaired) electrons. The van der Waals surface area contributed by atoms with Gasteiger partial charge in [-0.25, -0.2) is 0 Å². The fraction of sp³-hybridized carbons (Fsp3) is 0. The van der Waals surface area contributed by atoms with Crippen LogP contribution in [0.2, 0.25) is 0 Å². The molecule has 0 aliphatic heterocycles. The van der Waals surface area contributed by atoms with Gasteiger partial charge in [-0.2, -0.15) is 5.26 Å². The van der Waals surface area contributed by atoms with Crippen molar-refractivity contribution in [1.82, 2.24) is 5.16 Å². The minimum atomic E-state index is 0.00139. The highest BCUT2D eigenvalue weighted by Gasteiger charge is 2.09. The predicted octanol–water partition coefficient (Wildman–Crippen LogP) is 1.41. The molecule has 58 valence electrons. The summed E-state index contributed by atoms with van der Waals surface area (Å²) in [6.45, 7) is 0. The molecule has 1 aromatic carbocycles. The molecule has 0 bridgehead atoms. The summed E-state index contributed by atoms with van der Waals surface area (Å²) in [7, 11) is 0. The molecule has 0 fully saturated rings. The van der Waals surface area contributed by atoms with Crippen LogP contribution in [-0.2, 0) is 0 Å². The number of hydrogen-bond acceptors (Lipinski definition) is 4. The lowest BCUT2D eigenvalue weighted by Crippen LogP contribution is -1.71. The van der Waals surface area contributed by atoms with Gasteiger partial charge in [0, 0.05) is 0 Å². The molecule has 0 aliphatic rings. The van der Waals surface area contributed by atoms with Gasteiger partial charge in [-0.3, -0.25) is 0 Å². The number of phenols is 1. The Kier molecular flexibility index (Phi) is 1.25. The molecule has 4 nitrogen and oxygen atoms in total. The second kappa shape index (κ2) is 2.24. The number of nitriles is 1. The summed E-state index contributed by atoms with van der Waals surface area (Å²) >= 11 is 0. The van der Waals surface area contributed by atoms with Crippen LogP contribution in [0.5, 0.6) is 5.75 Å². The summed E-state index contributed by atoms with van der Waals surface area (Å²) in [6, 6.07) is 6.65. The molecule has 0 atom stereocenters. The molecular weight excluding hydrogens is 156 g/mol. The monoisotopic (exact) mass is 160 g/mol. The Morgan fingerprint density at radius 1 is 1.50 bits per heavy atom. The van der Waals surface area contributed by atoms with E-state index in [9.17, 15) is 5.11 Å². The van der Waals surface area contributed by atoms with E-state index in [-0.39, 0.29) is 17.0 Å². The third-order valence-electron chi connectivity index (χ3n) is 1.58. The van der Waals surface area contributed by atoms with E-state index in [1.165, 1.54) is 6.07 Å². The normalized spacial score (nSPS) is 9.92. The highest BCUT2D eigenvalue weighted by Crippen LogP contribution is 2.25. The zero-order valence-corrected chi connectivity index (χ0v) is 5.98. The summed E-state index contributed by atoms with van der Waals surface area (Å²) in [6.07, 6.45) is 0. The number of hydrogen-bond donors (Lipinski definition) is 1. The van der Waals surface area contributed by atoms with E-state index in [0.29, 0.717) is 5.39 Å². The van der Waals surface area contributed by atoms with E-state index in [1.54, 1.807) is 12.1 Å². The van der Waals surface area contributed by atoms with Gasteiger partial charge in [0.05, 0.1) is 5.39 Å². The van der Waals surface area contributed by atoms with Crippen molar-refractivity contribution in [2.24, 2.45) is 0 Å². The standard InChI is InChI=1S/C8H4N2O2/c9-4-6-5-2-1-3-7(11)8(5)12-10-6/h1-3,11H. The van der Waals surface area contributed by atoms with Crippen LogP contribution < -0.4 is 0 Å². The largest absolute Gasteiger partial charge is 0.504 e. The third-order valence-corrected chi connectivity index (χ3v) is 1.58. The maximum atomic E-state index is 9.24. The first kappa shape index (κ1) is 6.68. The van der Waals surface area contributed by atoms with E-state index in [1.807, 2.05) is 6.07 Å². The van der Waals surface area contributed by atoms with Gasteiger partial charge in [-0.05, 0) is 12.1 Å². The van der Waals surface area contributed by atoms with Crippen LogP contribution in [0.3, 0.4) is 0 Å². The number of aromatic nitrogens is 1. The molecule has 4 heteroatoms. The minimum absolute atomic E-state index is 0.00139. The van der Waals surface area contributed by atoms with Gasteiger partial charge in [0.2, 0.25) is 5.58 Å². The van der Waals surface area contributed by atoms with Crippen LogP contribution in [-0.4, -0.2) is 10.3 Å². The van der Waals surface area contributed by atoms with Gasteiger partial charge in [0.25, 0.3) is 0 Å². The molecule has 0 aliphatic carbocycles. The van der Waals surface area contributed by atoms with Crippen LogP contribution in [0.25, 0.3) is 11.0 Å². The Bertz CT molecular complexity index is 467.